The lowest BCUT2D eigenvalue weighted by molar-refractivity contribution is -0.384. The van der Waals surface area contributed by atoms with Gasteiger partial charge < -0.3 is 10.2 Å². The number of benzene rings is 1. The minimum Gasteiger partial charge on any atom is -0.461 e. The molecule has 1 aromatic carbocycles. The van der Waals surface area contributed by atoms with E-state index in [0.717, 1.165) is 12.1 Å². The van der Waals surface area contributed by atoms with Crippen LogP contribution in [0.25, 0.3) is 11.3 Å². The molecule has 0 aliphatic heterocycles. The molecule has 22 heavy (non-hydrogen) atoms. The van der Waals surface area contributed by atoms with E-state index in [4.69, 9.17) is 10.2 Å². The van der Waals surface area contributed by atoms with E-state index in [1.54, 1.807) is 6.07 Å². The van der Waals surface area contributed by atoms with Crippen molar-refractivity contribution in [2.45, 2.75) is 19.0 Å². The third-order valence-corrected chi connectivity index (χ3v) is 3.08. The molecule has 8 heteroatoms. The monoisotopic (exact) mass is 314 g/mol. The predicted octanol–water partition coefficient (Wildman–Crippen LogP) is 3.76. The first kappa shape index (κ1) is 16.0. The largest absolute Gasteiger partial charge is 0.461 e. The zero-order valence-electron chi connectivity index (χ0n) is 11.4. The molecule has 2 rings (SSSR count). The number of halogens is 3. The van der Waals surface area contributed by atoms with Gasteiger partial charge in [-0.15, -0.1) is 0 Å². The van der Waals surface area contributed by atoms with Crippen molar-refractivity contribution in [1.29, 1.82) is 0 Å². The summed E-state index contributed by atoms with van der Waals surface area (Å²) in [6.45, 7) is 0.469. The number of nitrogens with zero attached hydrogens (tertiary/aromatic N) is 1. The second-order valence-electron chi connectivity index (χ2n) is 4.64. The lowest BCUT2D eigenvalue weighted by Gasteiger charge is -2.07. The molecule has 1 aromatic heterocycles. The maximum absolute atomic E-state index is 12.7. The molecule has 0 unspecified atom stereocenters. The van der Waals surface area contributed by atoms with Gasteiger partial charge in [0, 0.05) is 12.5 Å². The van der Waals surface area contributed by atoms with Crippen LogP contribution in [0, 0.1) is 10.1 Å². The van der Waals surface area contributed by atoms with E-state index in [0.29, 0.717) is 31.2 Å². The molecular weight excluding hydrogens is 301 g/mol. The minimum atomic E-state index is -4.64. The first-order chi connectivity index (χ1) is 10.3. The molecule has 1 heterocycles. The van der Waals surface area contributed by atoms with Crippen LogP contribution in [-0.2, 0) is 12.6 Å². The van der Waals surface area contributed by atoms with Crippen LogP contribution in [0.15, 0.2) is 34.7 Å². The molecule has 2 N–H and O–H groups in total. The Morgan fingerprint density at radius 2 is 1.95 bits per heavy atom. The van der Waals surface area contributed by atoms with Gasteiger partial charge in [-0.2, -0.15) is 13.2 Å². The van der Waals surface area contributed by atoms with Crippen LogP contribution in [0.1, 0.15) is 17.7 Å². The number of hydrogen-bond acceptors (Lipinski definition) is 4. The predicted molar refractivity (Wildman–Crippen MR) is 73.2 cm³/mol. The quantitative estimate of drug-likeness (QED) is 0.673. The number of nitro groups is 1. The molecule has 0 aliphatic rings. The van der Waals surface area contributed by atoms with E-state index in [-0.39, 0.29) is 11.3 Å². The summed E-state index contributed by atoms with van der Waals surface area (Å²) in [4.78, 5) is 10.2. The lowest BCUT2D eigenvalue weighted by Crippen LogP contribution is -2.06. The highest BCUT2D eigenvalue weighted by Gasteiger charge is 2.33. The smallest absolute Gasteiger partial charge is 0.416 e. The van der Waals surface area contributed by atoms with Gasteiger partial charge in [0.25, 0.3) is 5.69 Å². The summed E-state index contributed by atoms with van der Waals surface area (Å²) in [7, 11) is 0. The Hall–Kier alpha value is -2.35. The van der Waals surface area contributed by atoms with Crippen LogP contribution in [0.2, 0.25) is 0 Å². The van der Waals surface area contributed by atoms with Crippen LogP contribution in [-0.4, -0.2) is 11.5 Å². The summed E-state index contributed by atoms with van der Waals surface area (Å²) in [5, 5.41) is 11.0. The van der Waals surface area contributed by atoms with Gasteiger partial charge in [-0.05, 0) is 37.2 Å². The van der Waals surface area contributed by atoms with Crippen molar-refractivity contribution in [2.75, 3.05) is 6.54 Å². The third kappa shape index (κ3) is 3.45. The van der Waals surface area contributed by atoms with Gasteiger partial charge in [0.05, 0.1) is 16.1 Å². The molecule has 0 aliphatic carbocycles. The average molecular weight is 314 g/mol. The fraction of sp³-hybridized carbons (Fsp3) is 0.286. The number of alkyl halides is 3. The maximum Gasteiger partial charge on any atom is 0.416 e. The average Bonchev–Trinajstić information content (AvgIpc) is 2.92. The van der Waals surface area contributed by atoms with E-state index >= 15 is 0 Å². The third-order valence-electron chi connectivity index (χ3n) is 3.08. The van der Waals surface area contributed by atoms with E-state index < -0.39 is 22.4 Å². The second-order valence-corrected chi connectivity index (χ2v) is 4.64. The molecule has 2 aromatic rings. The summed E-state index contributed by atoms with van der Waals surface area (Å²) in [5.41, 5.74) is 3.67. The SMILES string of the molecule is NCCCc1ccc(-c2ccc(C(F)(F)F)cc2[N+](=O)[O-])o1. The number of aryl methyl sites for hydroxylation is 1. The van der Waals surface area contributed by atoms with E-state index in [1.807, 2.05) is 0 Å². The standard InChI is InChI=1S/C14H13F3N2O3/c15-14(16,17)9-3-5-11(12(8-9)19(20)21)13-6-4-10(22-13)2-1-7-18/h3-6,8H,1-2,7,18H2. The summed E-state index contributed by atoms with van der Waals surface area (Å²) in [6, 6.07) is 5.49. The maximum atomic E-state index is 12.7. The Morgan fingerprint density at radius 3 is 2.55 bits per heavy atom. The van der Waals surface area contributed by atoms with Crippen LogP contribution in [0.3, 0.4) is 0 Å². The fourth-order valence-electron chi connectivity index (χ4n) is 2.00. The molecule has 0 atom stereocenters. The van der Waals surface area contributed by atoms with Gasteiger partial charge in [-0.25, -0.2) is 0 Å². The van der Waals surface area contributed by atoms with Crippen LogP contribution < -0.4 is 5.73 Å². The molecule has 0 radical (unpaired) electrons. The van der Waals surface area contributed by atoms with Crippen LogP contribution in [0.5, 0.6) is 0 Å². The van der Waals surface area contributed by atoms with E-state index in [9.17, 15) is 23.3 Å². The molecule has 0 bridgehead atoms. The van der Waals surface area contributed by atoms with E-state index in [1.165, 1.54) is 6.07 Å². The Kier molecular flexibility index (Phi) is 4.51. The minimum absolute atomic E-state index is 0.0111. The van der Waals surface area contributed by atoms with Crippen molar-refractivity contribution >= 4 is 5.69 Å². The molecule has 0 amide bonds. The van der Waals surface area contributed by atoms with Gasteiger partial charge in [0.1, 0.15) is 11.5 Å². The zero-order chi connectivity index (χ0) is 16.3. The highest BCUT2D eigenvalue weighted by Crippen LogP contribution is 2.37. The Balaban J connectivity index is 2.42. The van der Waals surface area contributed by atoms with Crippen molar-refractivity contribution in [2.24, 2.45) is 5.73 Å². The molecular formula is C14H13F3N2O3. The van der Waals surface area contributed by atoms with Crippen LogP contribution >= 0.6 is 0 Å². The Bertz CT molecular complexity index is 680. The van der Waals surface area contributed by atoms with Gasteiger partial charge in [0.15, 0.2) is 0 Å². The van der Waals surface area contributed by atoms with Crippen molar-refractivity contribution < 1.29 is 22.5 Å². The van der Waals surface area contributed by atoms with E-state index in [2.05, 4.69) is 0 Å². The van der Waals surface area contributed by atoms with Crippen molar-refractivity contribution in [3.63, 3.8) is 0 Å². The number of furan rings is 1. The summed E-state index contributed by atoms with van der Waals surface area (Å²) < 4.78 is 43.4. The number of rotatable bonds is 5. The molecule has 5 nitrogen and oxygen atoms in total. The molecule has 0 saturated heterocycles. The summed E-state index contributed by atoms with van der Waals surface area (Å²) in [6.07, 6.45) is -3.40. The number of nitrogens with two attached hydrogens (primary N) is 1. The van der Waals surface area contributed by atoms with Gasteiger partial charge in [0.2, 0.25) is 0 Å². The van der Waals surface area contributed by atoms with Crippen molar-refractivity contribution in [1.82, 2.24) is 0 Å². The first-order valence-corrected chi connectivity index (χ1v) is 6.47. The van der Waals surface area contributed by atoms with Crippen LogP contribution in [0.4, 0.5) is 18.9 Å². The lowest BCUT2D eigenvalue weighted by atomic mass is 10.1. The summed E-state index contributed by atoms with van der Waals surface area (Å²) in [5.74, 6) is 0.738. The summed E-state index contributed by atoms with van der Waals surface area (Å²) >= 11 is 0. The molecule has 0 fully saturated rings. The Labute approximate surface area is 123 Å². The van der Waals surface area contributed by atoms with Gasteiger partial charge in [-0.3, -0.25) is 10.1 Å². The number of nitro benzene ring substituents is 1. The Morgan fingerprint density at radius 1 is 1.23 bits per heavy atom. The first-order valence-electron chi connectivity index (χ1n) is 6.47. The van der Waals surface area contributed by atoms with Crippen molar-refractivity contribution in [3.05, 3.63) is 51.8 Å². The second kappa shape index (κ2) is 6.18. The topological polar surface area (TPSA) is 82.3 Å². The molecule has 0 saturated carbocycles. The molecule has 118 valence electrons. The normalized spacial score (nSPS) is 11.6. The highest BCUT2D eigenvalue weighted by atomic mass is 19.4. The molecule has 0 spiro atoms. The van der Waals surface area contributed by atoms with Crippen molar-refractivity contribution in [3.8, 4) is 11.3 Å². The highest BCUT2D eigenvalue weighted by molar-refractivity contribution is 5.70. The fourth-order valence-corrected chi connectivity index (χ4v) is 2.00. The number of hydrogen-bond donors (Lipinski definition) is 1. The zero-order valence-corrected chi connectivity index (χ0v) is 11.4. The van der Waals surface area contributed by atoms with Gasteiger partial charge >= 0.3 is 6.18 Å². The van der Waals surface area contributed by atoms with Gasteiger partial charge in [-0.1, -0.05) is 0 Å².